The van der Waals surface area contributed by atoms with Crippen molar-refractivity contribution in [3.63, 3.8) is 0 Å². The molecule has 0 radical (unpaired) electrons. The summed E-state index contributed by atoms with van der Waals surface area (Å²) in [5.74, 6) is -3.29. The molecule has 2 aromatic rings. The number of ether oxygens (including phenoxy) is 2. The van der Waals surface area contributed by atoms with E-state index in [1.165, 1.54) is 31.5 Å². The van der Waals surface area contributed by atoms with E-state index in [2.05, 4.69) is 10.3 Å². The zero-order valence-corrected chi connectivity index (χ0v) is 18.1. The van der Waals surface area contributed by atoms with Crippen LogP contribution in [0.5, 0.6) is 5.75 Å². The van der Waals surface area contributed by atoms with Crippen LogP contribution < -0.4 is 15.8 Å². The molecule has 1 fully saturated rings. The van der Waals surface area contributed by atoms with Crippen molar-refractivity contribution in [3.05, 3.63) is 53.1 Å². The van der Waals surface area contributed by atoms with Gasteiger partial charge in [-0.15, -0.1) is 0 Å². The number of nitrogens with one attached hydrogen (secondary N) is 1. The first-order chi connectivity index (χ1) is 15.4. The van der Waals surface area contributed by atoms with Gasteiger partial charge in [-0.2, -0.15) is 13.2 Å². The summed E-state index contributed by atoms with van der Waals surface area (Å²) < 4.78 is 66.4. The molecule has 0 unspecified atom stereocenters. The van der Waals surface area contributed by atoms with Gasteiger partial charge in [-0.05, 0) is 38.0 Å². The fourth-order valence-electron chi connectivity index (χ4n) is 3.97. The number of nitrogens with zero attached hydrogens (tertiary/aromatic N) is 1. The number of rotatable bonds is 6. The molecule has 1 saturated heterocycles. The smallest absolute Gasteiger partial charge is 0.417 e. The number of methoxy groups -OCH3 is 1. The van der Waals surface area contributed by atoms with Crippen LogP contribution in [0.3, 0.4) is 0 Å². The van der Waals surface area contributed by atoms with Gasteiger partial charge in [-0.3, -0.25) is 14.6 Å². The first-order valence-electron chi connectivity index (χ1n) is 10.1. The van der Waals surface area contributed by atoms with Crippen molar-refractivity contribution >= 4 is 17.5 Å². The Morgan fingerprint density at radius 1 is 1.33 bits per heavy atom. The zero-order chi connectivity index (χ0) is 24.6. The molecule has 178 valence electrons. The van der Waals surface area contributed by atoms with Crippen LogP contribution in [0.15, 0.2) is 30.5 Å². The van der Waals surface area contributed by atoms with E-state index in [1.54, 1.807) is 6.92 Å². The minimum Gasteiger partial charge on any atom is -0.496 e. The highest BCUT2D eigenvalue weighted by Gasteiger charge is 2.61. The van der Waals surface area contributed by atoms with Crippen molar-refractivity contribution in [2.75, 3.05) is 12.4 Å². The van der Waals surface area contributed by atoms with Gasteiger partial charge in [0.2, 0.25) is 0 Å². The van der Waals surface area contributed by atoms with E-state index in [0.717, 1.165) is 13.0 Å². The van der Waals surface area contributed by atoms with Gasteiger partial charge in [0.25, 0.3) is 11.8 Å². The van der Waals surface area contributed by atoms with Gasteiger partial charge in [-0.25, -0.2) is 4.39 Å². The maximum absolute atomic E-state index is 14.3. The van der Waals surface area contributed by atoms with Crippen molar-refractivity contribution in [2.45, 2.75) is 50.5 Å². The van der Waals surface area contributed by atoms with E-state index < -0.39 is 47.9 Å². The van der Waals surface area contributed by atoms with Crippen molar-refractivity contribution in [2.24, 2.45) is 5.73 Å². The highest BCUT2D eigenvalue weighted by molar-refractivity contribution is 5.97. The third-order valence-corrected chi connectivity index (χ3v) is 5.69. The molecule has 11 heteroatoms. The monoisotopic (exact) mass is 469 g/mol. The van der Waals surface area contributed by atoms with Gasteiger partial charge in [-0.1, -0.05) is 13.0 Å². The van der Waals surface area contributed by atoms with Gasteiger partial charge in [0, 0.05) is 28.9 Å². The predicted octanol–water partition coefficient (Wildman–Crippen LogP) is 3.72. The fourth-order valence-corrected chi connectivity index (χ4v) is 3.97. The Kier molecular flexibility index (Phi) is 6.64. The lowest BCUT2D eigenvalue weighted by Gasteiger charge is -2.27. The molecule has 33 heavy (non-hydrogen) atoms. The van der Waals surface area contributed by atoms with E-state index >= 15 is 0 Å². The summed E-state index contributed by atoms with van der Waals surface area (Å²) in [5.41, 5.74) is 2.95. The van der Waals surface area contributed by atoms with Crippen molar-refractivity contribution in [1.82, 2.24) is 4.98 Å². The fraction of sp³-hybridized carbons (Fsp3) is 0.409. The largest absolute Gasteiger partial charge is 0.496 e. The second-order valence-electron chi connectivity index (χ2n) is 7.86. The molecule has 1 aromatic carbocycles. The van der Waals surface area contributed by atoms with Crippen molar-refractivity contribution < 1.29 is 36.6 Å². The topological polar surface area (TPSA) is 104 Å². The first-order valence-corrected chi connectivity index (χ1v) is 10.1. The summed E-state index contributed by atoms with van der Waals surface area (Å²) in [6.45, 7) is 2.54. The van der Waals surface area contributed by atoms with Crippen LogP contribution in [0.25, 0.3) is 0 Å². The normalized spacial score (nSPS) is 22.8. The van der Waals surface area contributed by atoms with Crippen molar-refractivity contribution in [3.8, 4) is 5.75 Å². The first kappa shape index (κ1) is 24.4. The Morgan fingerprint density at radius 3 is 2.61 bits per heavy atom. The number of nitrogens with two attached hydrogens (primary N) is 1. The maximum Gasteiger partial charge on any atom is 0.417 e. The van der Waals surface area contributed by atoms with E-state index in [-0.39, 0.29) is 34.7 Å². The molecule has 0 saturated carbocycles. The van der Waals surface area contributed by atoms with Gasteiger partial charge >= 0.3 is 6.18 Å². The number of halogens is 4. The second kappa shape index (κ2) is 8.97. The molecular weight excluding hydrogens is 446 g/mol. The van der Waals surface area contributed by atoms with Crippen LogP contribution in [0.1, 0.15) is 47.8 Å². The molecule has 1 aliphatic rings. The quantitative estimate of drug-likeness (QED) is 0.628. The number of carbonyl (C=O) groups excluding carboxylic acids is 2. The number of hydrogen-bond acceptors (Lipinski definition) is 5. The maximum atomic E-state index is 14.3. The second-order valence-corrected chi connectivity index (χ2v) is 7.86. The van der Waals surface area contributed by atoms with Crippen LogP contribution in [0.4, 0.5) is 23.2 Å². The summed E-state index contributed by atoms with van der Waals surface area (Å²) >= 11 is 0. The number of carbonyl (C=O) groups is 2. The Labute approximate surface area is 187 Å². The number of hydrogen-bond donors (Lipinski definition) is 2. The molecule has 3 rings (SSSR count). The highest BCUT2D eigenvalue weighted by Crippen LogP contribution is 2.51. The lowest BCUT2D eigenvalue weighted by atomic mass is 9.84. The number of primary amides is 1. The molecule has 0 spiro atoms. The Bertz CT molecular complexity index is 1080. The van der Waals surface area contributed by atoms with Crippen LogP contribution in [0, 0.1) is 5.82 Å². The van der Waals surface area contributed by atoms with Crippen LogP contribution >= 0.6 is 0 Å². The SMILES string of the molecule is CCc1c(F)ccc([C@H]2C[C@](C)(C(F)(F)F)O[C@H]2C(=O)Nc2ccnc(C(N)=O)c2)c1OC. The van der Waals surface area contributed by atoms with Gasteiger partial charge in [0.05, 0.1) is 7.11 Å². The lowest BCUT2D eigenvalue weighted by molar-refractivity contribution is -0.261. The summed E-state index contributed by atoms with van der Waals surface area (Å²) in [5, 5.41) is 2.45. The van der Waals surface area contributed by atoms with E-state index in [4.69, 9.17) is 15.2 Å². The molecule has 2 amide bonds. The van der Waals surface area contributed by atoms with Crippen molar-refractivity contribution in [1.29, 1.82) is 0 Å². The third kappa shape index (κ3) is 4.63. The standard InChI is InChI=1S/C22H23F4N3O4/c1-4-12-15(23)6-5-13(17(12)32-3)14-10-21(2,22(24,25)26)33-18(14)20(31)29-11-7-8-28-16(9-11)19(27)30/h5-9,14,18H,4,10H2,1-3H3,(H2,27,30)(H,28,29,31)/t14-,18-,21-/m1/s1. The molecule has 3 atom stereocenters. The number of anilines is 1. The highest BCUT2D eigenvalue weighted by atomic mass is 19.4. The molecule has 0 aliphatic carbocycles. The number of aromatic nitrogens is 1. The van der Waals surface area contributed by atoms with E-state index in [1.807, 2.05) is 0 Å². The molecule has 1 aliphatic heterocycles. The van der Waals surface area contributed by atoms with Gasteiger partial charge in [0.15, 0.2) is 5.60 Å². The molecule has 7 nitrogen and oxygen atoms in total. The number of pyridine rings is 1. The predicted molar refractivity (Wildman–Crippen MR) is 110 cm³/mol. The summed E-state index contributed by atoms with van der Waals surface area (Å²) in [6, 6.07) is 4.99. The number of alkyl halides is 3. The minimum atomic E-state index is -4.77. The zero-order valence-electron chi connectivity index (χ0n) is 18.1. The van der Waals surface area contributed by atoms with Gasteiger partial charge in [0.1, 0.15) is 23.4 Å². The molecule has 1 aromatic heterocycles. The summed E-state index contributed by atoms with van der Waals surface area (Å²) in [4.78, 5) is 28.2. The molecule has 3 N–H and O–H groups in total. The summed E-state index contributed by atoms with van der Waals surface area (Å²) in [7, 11) is 1.29. The summed E-state index contributed by atoms with van der Waals surface area (Å²) in [6.07, 6.45) is -5.47. The Balaban J connectivity index is 2.03. The van der Waals surface area contributed by atoms with Crippen LogP contribution in [0.2, 0.25) is 0 Å². The Morgan fingerprint density at radius 2 is 2.03 bits per heavy atom. The minimum absolute atomic E-state index is 0.0789. The number of amides is 2. The molecular formula is C22H23F4N3O4. The van der Waals surface area contributed by atoms with E-state index in [0.29, 0.717) is 0 Å². The average Bonchev–Trinajstić information content (AvgIpc) is 3.12. The molecule has 2 heterocycles. The van der Waals surface area contributed by atoms with Crippen LogP contribution in [-0.2, 0) is 16.0 Å². The van der Waals surface area contributed by atoms with Gasteiger partial charge < -0.3 is 20.5 Å². The average molecular weight is 469 g/mol. The Hall–Kier alpha value is -3.21. The molecule has 0 bridgehead atoms. The lowest BCUT2D eigenvalue weighted by Crippen LogP contribution is -2.43. The van der Waals surface area contributed by atoms with Crippen LogP contribution in [-0.4, -0.2) is 41.8 Å². The number of benzene rings is 1. The third-order valence-electron chi connectivity index (χ3n) is 5.69. The van der Waals surface area contributed by atoms with E-state index in [9.17, 15) is 27.2 Å².